The molecule has 190 valence electrons. The molecule has 1 spiro atoms. The lowest BCUT2D eigenvalue weighted by Gasteiger charge is -2.42. The average Bonchev–Trinajstić information content (AvgIpc) is 3.60. The van der Waals surface area contributed by atoms with Gasteiger partial charge in [-0.05, 0) is 74.3 Å². The van der Waals surface area contributed by atoms with Gasteiger partial charge >= 0.3 is 6.03 Å². The Kier molecular flexibility index (Phi) is 6.21. The minimum absolute atomic E-state index is 0.0137. The Morgan fingerprint density at radius 3 is 2.22 bits per heavy atom. The van der Waals surface area contributed by atoms with E-state index in [1.165, 1.54) is 29.7 Å². The molecule has 6 nitrogen and oxygen atoms in total. The van der Waals surface area contributed by atoms with Gasteiger partial charge in [-0.15, -0.1) is 0 Å². The summed E-state index contributed by atoms with van der Waals surface area (Å²) >= 11 is 6.70. The number of benzene rings is 2. The quantitative estimate of drug-likeness (QED) is 0.550. The molecule has 0 aromatic heterocycles. The van der Waals surface area contributed by atoms with Gasteiger partial charge in [0.2, 0.25) is 0 Å². The van der Waals surface area contributed by atoms with Gasteiger partial charge in [0.1, 0.15) is 5.54 Å². The monoisotopic (exact) mass is 506 g/mol. The third-order valence-electron chi connectivity index (χ3n) is 8.87. The predicted octanol–water partition coefficient (Wildman–Crippen LogP) is 4.73. The van der Waals surface area contributed by atoms with E-state index in [4.69, 9.17) is 11.6 Å². The minimum Gasteiger partial charge on any atom is -0.371 e. The first-order valence-electron chi connectivity index (χ1n) is 13.5. The zero-order valence-electron chi connectivity index (χ0n) is 21.1. The van der Waals surface area contributed by atoms with E-state index >= 15 is 0 Å². The molecule has 0 radical (unpaired) electrons. The van der Waals surface area contributed by atoms with E-state index in [0.717, 1.165) is 56.2 Å². The molecule has 0 atom stereocenters. The number of hydrogen-bond acceptors (Lipinski definition) is 4. The van der Waals surface area contributed by atoms with Gasteiger partial charge in [0.25, 0.3) is 5.91 Å². The topological polar surface area (TPSA) is 47.1 Å². The van der Waals surface area contributed by atoms with Crippen LogP contribution in [0.25, 0.3) is 0 Å². The molecule has 3 amide bonds. The number of likely N-dealkylation sites (N-methyl/N-ethyl adjacent to an activating group) is 1. The first-order valence-corrected chi connectivity index (χ1v) is 13.9. The first kappa shape index (κ1) is 23.8. The fourth-order valence-electron chi connectivity index (χ4n) is 6.86. The highest BCUT2D eigenvalue weighted by Crippen LogP contribution is 2.40. The van der Waals surface area contributed by atoms with Crippen LogP contribution >= 0.6 is 11.6 Å². The largest absolute Gasteiger partial charge is 0.371 e. The van der Waals surface area contributed by atoms with E-state index in [1.54, 1.807) is 4.90 Å². The smallest absolute Gasteiger partial charge is 0.327 e. The summed E-state index contributed by atoms with van der Waals surface area (Å²) < 4.78 is 0. The predicted molar refractivity (Wildman–Crippen MR) is 142 cm³/mol. The van der Waals surface area contributed by atoms with Crippen molar-refractivity contribution in [2.45, 2.75) is 63.6 Å². The van der Waals surface area contributed by atoms with Crippen molar-refractivity contribution in [3.8, 4) is 0 Å². The summed E-state index contributed by atoms with van der Waals surface area (Å²) in [5, 5.41) is 0.814. The van der Waals surface area contributed by atoms with Crippen LogP contribution in [0.2, 0.25) is 5.02 Å². The van der Waals surface area contributed by atoms with Crippen LogP contribution in [0.1, 0.15) is 49.3 Å². The molecule has 2 aromatic rings. The summed E-state index contributed by atoms with van der Waals surface area (Å²) in [4.78, 5) is 35.6. The lowest BCUT2D eigenvalue weighted by atomic mass is 9.85. The standard InChI is InChI=1S/C29H35ClN4O2/c1-2-33-28(36)34(25-17-21-7-3-4-8-22(21)18-25)27(35)29(33)11-15-31(16-12-29)20-23-9-10-24(19-26(23)30)32-13-5-6-14-32/h3-4,7-10,19,25H,2,5-6,11-18,20H2,1H3. The summed E-state index contributed by atoms with van der Waals surface area (Å²) in [7, 11) is 0. The van der Waals surface area contributed by atoms with Crippen LogP contribution in [0.3, 0.4) is 0 Å². The van der Waals surface area contributed by atoms with Crippen LogP contribution in [0.15, 0.2) is 42.5 Å². The molecule has 0 N–H and O–H groups in total. The Morgan fingerprint density at radius 2 is 1.61 bits per heavy atom. The van der Waals surface area contributed by atoms with Gasteiger partial charge in [0.05, 0.1) is 0 Å². The Bertz CT molecular complexity index is 1140. The molecule has 3 fully saturated rings. The number of halogens is 1. The number of fused-ring (bicyclic) bond motifs is 1. The summed E-state index contributed by atoms with van der Waals surface area (Å²) in [5.41, 5.74) is 4.15. The van der Waals surface area contributed by atoms with Gasteiger partial charge in [-0.25, -0.2) is 4.79 Å². The molecule has 0 unspecified atom stereocenters. The highest BCUT2D eigenvalue weighted by atomic mass is 35.5. The van der Waals surface area contributed by atoms with E-state index in [2.05, 4.69) is 40.1 Å². The van der Waals surface area contributed by atoms with Crippen molar-refractivity contribution in [1.82, 2.24) is 14.7 Å². The summed E-state index contributed by atoms with van der Waals surface area (Å²) in [6.45, 7) is 7.09. The Balaban J connectivity index is 1.14. The highest BCUT2D eigenvalue weighted by Gasteiger charge is 2.59. The van der Waals surface area contributed by atoms with Crippen LogP contribution in [-0.2, 0) is 24.2 Å². The molecular weight excluding hydrogens is 472 g/mol. The third-order valence-corrected chi connectivity index (χ3v) is 9.22. The van der Waals surface area contributed by atoms with Crippen molar-refractivity contribution in [2.75, 3.05) is 37.6 Å². The van der Waals surface area contributed by atoms with E-state index in [0.29, 0.717) is 19.4 Å². The molecule has 6 rings (SSSR count). The number of amides is 3. The second-order valence-corrected chi connectivity index (χ2v) is 11.2. The fourth-order valence-corrected chi connectivity index (χ4v) is 7.09. The number of urea groups is 1. The molecule has 7 heteroatoms. The molecule has 3 saturated heterocycles. The van der Waals surface area contributed by atoms with Crippen molar-refractivity contribution < 1.29 is 9.59 Å². The number of carbonyl (C=O) groups excluding carboxylic acids is 2. The maximum absolute atomic E-state index is 13.9. The van der Waals surface area contributed by atoms with E-state index < -0.39 is 5.54 Å². The molecule has 0 bridgehead atoms. The van der Waals surface area contributed by atoms with E-state index in [9.17, 15) is 9.59 Å². The number of rotatable bonds is 5. The van der Waals surface area contributed by atoms with Crippen molar-refractivity contribution in [1.29, 1.82) is 0 Å². The van der Waals surface area contributed by atoms with Gasteiger partial charge in [-0.1, -0.05) is 41.9 Å². The second-order valence-electron chi connectivity index (χ2n) is 10.8. The Morgan fingerprint density at radius 1 is 0.944 bits per heavy atom. The molecule has 2 aromatic carbocycles. The van der Waals surface area contributed by atoms with Crippen LogP contribution in [0.5, 0.6) is 0 Å². The van der Waals surface area contributed by atoms with Crippen LogP contribution in [0.4, 0.5) is 10.5 Å². The third kappa shape index (κ3) is 3.90. The van der Waals surface area contributed by atoms with Crippen molar-refractivity contribution in [3.05, 3.63) is 64.2 Å². The van der Waals surface area contributed by atoms with Crippen LogP contribution in [0, 0.1) is 0 Å². The number of hydrogen-bond donors (Lipinski definition) is 0. The maximum atomic E-state index is 13.9. The number of anilines is 1. The summed E-state index contributed by atoms with van der Waals surface area (Å²) in [6.07, 6.45) is 5.36. The number of carbonyl (C=O) groups is 2. The van der Waals surface area contributed by atoms with E-state index in [-0.39, 0.29) is 18.0 Å². The normalized spacial score (nSPS) is 22.3. The van der Waals surface area contributed by atoms with Gasteiger partial charge in [0, 0.05) is 56.0 Å². The molecule has 3 heterocycles. The lowest BCUT2D eigenvalue weighted by Crippen LogP contribution is -2.56. The van der Waals surface area contributed by atoms with Gasteiger partial charge in [0.15, 0.2) is 0 Å². The molecule has 0 saturated carbocycles. The fraction of sp³-hybridized carbons (Fsp3) is 0.517. The Labute approximate surface area is 218 Å². The maximum Gasteiger partial charge on any atom is 0.327 e. The number of piperidine rings is 1. The number of imide groups is 1. The number of nitrogens with zero attached hydrogens (tertiary/aromatic N) is 4. The molecule has 4 aliphatic rings. The molecule has 1 aliphatic carbocycles. The van der Waals surface area contributed by atoms with Crippen LogP contribution in [-0.4, -0.2) is 70.9 Å². The van der Waals surface area contributed by atoms with Crippen molar-refractivity contribution in [3.63, 3.8) is 0 Å². The van der Waals surface area contributed by atoms with Gasteiger partial charge in [-0.2, -0.15) is 0 Å². The molecular formula is C29H35ClN4O2. The minimum atomic E-state index is -0.708. The molecule has 36 heavy (non-hydrogen) atoms. The highest BCUT2D eigenvalue weighted by molar-refractivity contribution is 6.31. The zero-order valence-corrected chi connectivity index (χ0v) is 21.8. The van der Waals surface area contributed by atoms with Gasteiger partial charge < -0.3 is 9.80 Å². The summed E-state index contributed by atoms with van der Waals surface area (Å²) in [5.74, 6) is 0.0137. The molecule has 3 aliphatic heterocycles. The first-order chi connectivity index (χ1) is 17.5. The average molecular weight is 507 g/mol. The Hall–Kier alpha value is -2.57. The summed E-state index contributed by atoms with van der Waals surface area (Å²) in [6, 6.07) is 14.6. The zero-order chi connectivity index (χ0) is 24.9. The number of likely N-dealkylation sites (tertiary alicyclic amines) is 1. The van der Waals surface area contributed by atoms with Crippen molar-refractivity contribution in [2.24, 2.45) is 0 Å². The van der Waals surface area contributed by atoms with Crippen molar-refractivity contribution >= 4 is 29.2 Å². The van der Waals surface area contributed by atoms with Gasteiger partial charge in [-0.3, -0.25) is 14.6 Å². The second kappa shape index (κ2) is 9.38. The SMILES string of the molecule is CCN1C(=O)N(C2Cc3ccccc3C2)C(=O)C12CCN(Cc1ccc(N3CCCC3)cc1Cl)CC2. The van der Waals surface area contributed by atoms with Crippen LogP contribution < -0.4 is 4.90 Å². The lowest BCUT2D eigenvalue weighted by molar-refractivity contribution is -0.137. The van der Waals surface area contributed by atoms with E-state index in [1.807, 2.05) is 24.0 Å².